The maximum Gasteiger partial charge on any atom is 0.325 e. The number of non-ortho nitro benzene ring substituents is 1. The van der Waals surface area contributed by atoms with Crippen molar-refractivity contribution in [1.29, 1.82) is 0 Å². The number of carbonyl (C=O) groups is 1. The number of benzene rings is 2. The van der Waals surface area contributed by atoms with Crippen LogP contribution in [0.3, 0.4) is 0 Å². The minimum atomic E-state index is -3.90. The Bertz CT molecular complexity index is 862. The number of hydrogen-bond acceptors (Lipinski definition) is 7. The molecule has 9 heteroatoms. The van der Waals surface area contributed by atoms with E-state index >= 15 is 0 Å². The van der Waals surface area contributed by atoms with Gasteiger partial charge in [0.1, 0.15) is 6.54 Å². The van der Waals surface area contributed by atoms with Crippen molar-refractivity contribution < 1.29 is 22.9 Å². The number of methoxy groups -OCH3 is 1. The number of nitrogens with one attached hydrogen (secondary N) is 1. The minimum Gasteiger partial charge on any atom is -0.468 e. The van der Waals surface area contributed by atoms with Crippen molar-refractivity contribution in [1.82, 2.24) is 0 Å². The second-order valence-electron chi connectivity index (χ2n) is 4.68. The van der Waals surface area contributed by atoms with Gasteiger partial charge in [0.2, 0.25) is 9.84 Å². The number of nitrogens with zero attached hydrogens (tertiary/aromatic N) is 1. The lowest BCUT2D eigenvalue weighted by atomic mass is 10.3. The van der Waals surface area contributed by atoms with Crippen LogP contribution in [0.1, 0.15) is 0 Å². The summed E-state index contributed by atoms with van der Waals surface area (Å²) in [4.78, 5) is 21.2. The zero-order chi connectivity index (χ0) is 17.7. The molecule has 24 heavy (non-hydrogen) atoms. The largest absolute Gasteiger partial charge is 0.468 e. The van der Waals surface area contributed by atoms with E-state index in [0.717, 1.165) is 12.1 Å². The van der Waals surface area contributed by atoms with Gasteiger partial charge >= 0.3 is 5.97 Å². The Balaban J connectivity index is 2.38. The van der Waals surface area contributed by atoms with Gasteiger partial charge in [0, 0.05) is 12.1 Å². The summed E-state index contributed by atoms with van der Waals surface area (Å²) in [6.07, 6.45) is 0. The highest BCUT2D eigenvalue weighted by Crippen LogP contribution is 2.28. The molecule has 1 N–H and O–H groups in total. The van der Waals surface area contributed by atoms with E-state index in [-0.39, 0.29) is 27.7 Å². The van der Waals surface area contributed by atoms with Gasteiger partial charge in [0.15, 0.2) is 0 Å². The Labute approximate surface area is 138 Å². The van der Waals surface area contributed by atoms with E-state index in [0.29, 0.717) is 0 Å². The minimum absolute atomic E-state index is 0.0391. The highest BCUT2D eigenvalue weighted by atomic mass is 32.2. The second kappa shape index (κ2) is 7.09. The van der Waals surface area contributed by atoms with E-state index in [1.807, 2.05) is 0 Å². The van der Waals surface area contributed by atoms with Crippen molar-refractivity contribution in [2.45, 2.75) is 9.79 Å². The number of nitro groups is 1. The third-order valence-corrected chi connectivity index (χ3v) is 5.01. The molecule has 126 valence electrons. The number of para-hydroxylation sites is 1. The molecule has 0 bridgehead atoms. The molecule has 2 aromatic rings. The number of carbonyl (C=O) groups excluding carboxylic acids is 1. The van der Waals surface area contributed by atoms with Crippen molar-refractivity contribution in [2.24, 2.45) is 0 Å². The monoisotopic (exact) mass is 350 g/mol. The lowest BCUT2D eigenvalue weighted by Crippen LogP contribution is -2.16. The molecule has 0 spiro atoms. The predicted molar refractivity (Wildman–Crippen MR) is 85.5 cm³/mol. The van der Waals surface area contributed by atoms with Crippen molar-refractivity contribution in [2.75, 3.05) is 19.0 Å². The molecule has 0 saturated carbocycles. The lowest BCUT2D eigenvalue weighted by molar-refractivity contribution is -0.384. The second-order valence-corrected chi connectivity index (χ2v) is 6.60. The van der Waals surface area contributed by atoms with Crippen LogP contribution in [-0.4, -0.2) is 33.0 Å². The summed E-state index contributed by atoms with van der Waals surface area (Å²) in [5.74, 6) is -0.544. The number of hydrogen-bond donors (Lipinski definition) is 1. The van der Waals surface area contributed by atoms with E-state index < -0.39 is 20.7 Å². The number of nitro benzene ring substituents is 1. The van der Waals surface area contributed by atoms with Gasteiger partial charge in [-0.3, -0.25) is 14.9 Å². The Kier molecular flexibility index (Phi) is 5.14. The normalized spacial score (nSPS) is 10.9. The van der Waals surface area contributed by atoms with Crippen molar-refractivity contribution in [3.8, 4) is 0 Å². The van der Waals surface area contributed by atoms with Gasteiger partial charge in [-0.15, -0.1) is 0 Å². The van der Waals surface area contributed by atoms with Gasteiger partial charge in [0.25, 0.3) is 5.69 Å². The third-order valence-electron chi connectivity index (χ3n) is 3.19. The average molecular weight is 350 g/mol. The van der Waals surface area contributed by atoms with Crippen LogP contribution >= 0.6 is 0 Å². The summed E-state index contributed by atoms with van der Waals surface area (Å²) in [6.45, 7) is -0.191. The van der Waals surface area contributed by atoms with Gasteiger partial charge in [-0.2, -0.15) is 0 Å². The molecule has 0 aromatic heterocycles. The first-order valence-electron chi connectivity index (χ1n) is 6.75. The smallest absolute Gasteiger partial charge is 0.325 e. The Morgan fingerprint density at radius 2 is 1.79 bits per heavy atom. The fraction of sp³-hybridized carbons (Fsp3) is 0.133. The fourth-order valence-electron chi connectivity index (χ4n) is 1.96. The van der Waals surface area contributed by atoms with Crippen LogP contribution in [-0.2, 0) is 19.4 Å². The molecular formula is C15H14N2O6S. The molecule has 0 aliphatic heterocycles. The number of anilines is 1. The standard InChI is InChI=1S/C15H14N2O6S/c1-23-15(18)10-16-13-4-2-3-5-14(13)24(21,22)12-8-6-11(7-9-12)17(19)20/h2-9,16H,10H2,1H3. The van der Waals surface area contributed by atoms with Crippen LogP contribution in [0.4, 0.5) is 11.4 Å². The fourth-order valence-corrected chi connectivity index (χ4v) is 3.40. The first-order valence-corrected chi connectivity index (χ1v) is 8.24. The third kappa shape index (κ3) is 3.69. The summed E-state index contributed by atoms with van der Waals surface area (Å²) in [5, 5.41) is 13.4. The van der Waals surface area contributed by atoms with Crippen LogP contribution in [0, 0.1) is 10.1 Å². The molecule has 0 atom stereocenters. The molecular weight excluding hydrogens is 336 g/mol. The zero-order valence-corrected chi connectivity index (χ0v) is 13.4. The van der Waals surface area contributed by atoms with Crippen LogP contribution in [0.15, 0.2) is 58.3 Å². The summed E-state index contributed by atoms with van der Waals surface area (Å²) >= 11 is 0. The predicted octanol–water partition coefficient (Wildman–Crippen LogP) is 2.01. The van der Waals surface area contributed by atoms with E-state index in [1.165, 1.54) is 31.4 Å². The van der Waals surface area contributed by atoms with E-state index in [2.05, 4.69) is 10.1 Å². The molecule has 0 amide bonds. The van der Waals surface area contributed by atoms with Crippen molar-refractivity contribution in [3.05, 3.63) is 58.6 Å². The topological polar surface area (TPSA) is 116 Å². The number of rotatable bonds is 6. The van der Waals surface area contributed by atoms with Crippen LogP contribution in [0.2, 0.25) is 0 Å². The number of sulfone groups is 1. The Hall–Kier alpha value is -2.94. The molecule has 0 aliphatic carbocycles. The molecule has 2 aromatic carbocycles. The van der Waals surface area contributed by atoms with Crippen LogP contribution in [0.25, 0.3) is 0 Å². The molecule has 8 nitrogen and oxygen atoms in total. The van der Waals surface area contributed by atoms with Crippen molar-refractivity contribution in [3.63, 3.8) is 0 Å². The molecule has 2 rings (SSSR count). The van der Waals surface area contributed by atoms with Crippen molar-refractivity contribution >= 4 is 27.2 Å². The molecule has 0 fully saturated rings. The summed E-state index contributed by atoms with van der Waals surface area (Å²) < 4.78 is 30.0. The zero-order valence-electron chi connectivity index (χ0n) is 12.6. The average Bonchev–Trinajstić information content (AvgIpc) is 2.59. The first-order chi connectivity index (χ1) is 11.4. The van der Waals surface area contributed by atoms with E-state index in [4.69, 9.17) is 0 Å². The lowest BCUT2D eigenvalue weighted by Gasteiger charge is -2.12. The molecule has 0 saturated heterocycles. The number of esters is 1. The van der Waals surface area contributed by atoms with Crippen LogP contribution in [0.5, 0.6) is 0 Å². The van der Waals surface area contributed by atoms with Gasteiger partial charge in [-0.1, -0.05) is 12.1 Å². The summed E-state index contributed by atoms with van der Waals surface area (Å²) in [5.41, 5.74) is 0.0345. The Morgan fingerprint density at radius 3 is 2.38 bits per heavy atom. The van der Waals surface area contributed by atoms with Gasteiger partial charge < -0.3 is 10.1 Å². The SMILES string of the molecule is COC(=O)CNc1ccccc1S(=O)(=O)c1ccc([N+](=O)[O-])cc1. The summed E-state index contributed by atoms with van der Waals surface area (Å²) in [6, 6.07) is 10.7. The van der Waals surface area contributed by atoms with E-state index in [9.17, 15) is 23.3 Å². The van der Waals surface area contributed by atoms with Gasteiger partial charge in [-0.25, -0.2) is 8.42 Å². The summed E-state index contributed by atoms with van der Waals surface area (Å²) in [7, 11) is -2.68. The first kappa shape index (κ1) is 17.4. The van der Waals surface area contributed by atoms with E-state index in [1.54, 1.807) is 12.1 Å². The molecule has 0 unspecified atom stereocenters. The highest BCUT2D eigenvalue weighted by Gasteiger charge is 2.22. The quantitative estimate of drug-likeness (QED) is 0.481. The van der Waals surface area contributed by atoms with Gasteiger partial charge in [-0.05, 0) is 24.3 Å². The molecule has 0 radical (unpaired) electrons. The molecule has 0 aliphatic rings. The number of ether oxygens (including phenoxy) is 1. The van der Waals surface area contributed by atoms with Crippen LogP contribution < -0.4 is 5.32 Å². The maximum atomic E-state index is 12.7. The highest BCUT2D eigenvalue weighted by molar-refractivity contribution is 7.91. The maximum absolute atomic E-state index is 12.7. The molecule has 0 heterocycles. The van der Waals surface area contributed by atoms with Gasteiger partial charge in [0.05, 0.1) is 27.5 Å². The Morgan fingerprint density at radius 1 is 1.17 bits per heavy atom.